The third-order valence-electron chi connectivity index (χ3n) is 4.01. The Balaban J connectivity index is 2.35. The van der Waals surface area contributed by atoms with Crippen LogP contribution in [0.25, 0.3) is 0 Å². The quantitative estimate of drug-likeness (QED) is 0.877. The largest absolute Gasteiger partial charge is 0.330 e. The number of hydrogen-bond acceptors (Lipinski definition) is 3. The topological polar surface area (TPSA) is 63.4 Å². The summed E-state index contributed by atoms with van der Waals surface area (Å²) in [5.41, 5.74) is 5.79. The van der Waals surface area contributed by atoms with E-state index < -0.39 is 10.0 Å². The Morgan fingerprint density at radius 1 is 1.40 bits per heavy atom. The van der Waals surface area contributed by atoms with Crippen LogP contribution in [0.4, 0.5) is 0 Å². The molecule has 0 spiro atoms. The van der Waals surface area contributed by atoms with E-state index in [1.54, 1.807) is 22.5 Å². The Morgan fingerprint density at radius 3 is 2.75 bits per heavy atom. The molecule has 0 heterocycles. The maximum atomic E-state index is 12.8. The number of nitrogens with two attached hydrogens (primary N) is 1. The molecular weight excluding hydrogens is 340 g/mol. The average molecular weight is 361 g/mol. The molecule has 2 atom stereocenters. The van der Waals surface area contributed by atoms with Crippen molar-refractivity contribution in [1.82, 2.24) is 4.31 Å². The van der Waals surface area contributed by atoms with Crippen molar-refractivity contribution in [3.05, 3.63) is 28.7 Å². The molecule has 1 aromatic rings. The molecule has 0 saturated heterocycles. The van der Waals surface area contributed by atoms with Crippen LogP contribution in [0, 0.1) is 5.92 Å². The van der Waals surface area contributed by atoms with Crippen LogP contribution in [0.2, 0.25) is 0 Å². The average Bonchev–Trinajstić information content (AvgIpc) is 2.87. The van der Waals surface area contributed by atoms with Gasteiger partial charge in [-0.15, -0.1) is 0 Å². The minimum absolute atomic E-state index is 0.0361. The first-order chi connectivity index (χ1) is 9.50. The molecule has 0 aliphatic heterocycles. The van der Waals surface area contributed by atoms with Gasteiger partial charge in [0.1, 0.15) is 0 Å². The molecule has 4 nitrogen and oxygen atoms in total. The fourth-order valence-corrected chi connectivity index (χ4v) is 5.34. The van der Waals surface area contributed by atoms with Gasteiger partial charge < -0.3 is 5.73 Å². The predicted molar refractivity (Wildman–Crippen MR) is 83.9 cm³/mol. The molecule has 0 amide bonds. The van der Waals surface area contributed by atoms with E-state index in [2.05, 4.69) is 15.9 Å². The number of halogens is 1. The lowest BCUT2D eigenvalue weighted by molar-refractivity contribution is 0.276. The molecule has 0 aromatic heterocycles. The number of benzene rings is 1. The molecule has 2 unspecified atom stereocenters. The molecular formula is C14H21BrN2O2S. The van der Waals surface area contributed by atoms with Crippen LogP contribution < -0.4 is 5.73 Å². The van der Waals surface area contributed by atoms with Crippen molar-refractivity contribution in [3.8, 4) is 0 Å². The summed E-state index contributed by atoms with van der Waals surface area (Å²) in [6.07, 6.45) is 2.98. The molecule has 20 heavy (non-hydrogen) atoms. The molecule has 0 radical (unpaired) electrons. The summed E-state index contributed by atoms with van der Waals surface area (Å²) in [7, 11) is -3.45. The minimum Gasteiger partial charge on any atom is -0.330 e. The van der Waals surface area contributed by atoms with Crippen LogP contribution in [0.15, 0.2) is 33.6 Å². The van der Waals surface area contributed by atoms with Gasteiger partial charge in [0, 0.05) is 17.1 Å². The SMILES string of the molecule is CCN(C1CCCC1CN)S(=O)(=O)c1cccc(Br)c1. The fourth-order valence-electron chi connectivity index (χ4n) is 3.02. The Kier molecular flexibility index (Phi) is 5.23. The van der Waals surface area contributed by atoms with Crippen molar-refractivity contribution in [2.24, 2.45) is 11.7 Å². The molecule has 2 rings (SSSR count). The molecule has 1 aromatic carbocycles. The predicted octanol–water partition coefficient (Wildman–Crippen LogP) is 2.59. The summed E-state index contributed by atoms with van der Waals surface area (Å²) in [5, 5.41) is 0. The molecule has 1 aliphatic carbocycles. The van der Waals surface area contributed by atoms with Crippen molar-refractivity contribution < 1.29 is 8.42 Å². The van der Waals surface area contributed by atoms with Gasteiger partial charge in [0.2, 0.25) is 10.0 Å². The zero-order valence-corrected chi connectivity index (χ0v) is 14.0. The highest BCUT2D eigenvalue weighted by Gasteiger charge is 2.37. The van der Waals surface area contributed by atoms with E-state index in [1.165, 1.54) is 0 Å². The summed E-state index contributed by atoms with van der Waals surface area (Å²) in [6.45, 7) is 2.92. The van der Waals surface area contributed by atoms with Gasteiger partial charge in [-0.2, -0.15) is 4.31 Å². The second kappa shape index (κ2) is 6.56. The zero-order chi connectivity index (χ0) is 14.8. The summed E-state index contributed by atoms with van der Waals surface area (Å²) in [4.78, 5) is 0.344. The van der Waals surface area contributed by atoms with E-state index in [0.717, 1.165) is 23.7 Å². The summed E-state index contributed by atoms with van der Waals surface area (Å²) in [6, 6.07) is 6.92. The summed E-state index contributed by atoms with van der Waals surface area (Å²) < 4.78 is 28.1. The normalized spacial score (nSPS) is 23.4. The first-order valence-corrected chi connectivity index (χ1v) is 9.21. The van der Waals surface area contributed by atoms with Crippen molar-refractivity contribution >= 4 is 26.0 Å². The second-order valence-corrected chi connectivity index (χ2v) is 7.97. The van der Waals surface area contributed by atoms with E-state index in [-0.39, 0.29) is 12.0 Å². The van der Waals surface area contributed by atoms with Gasteiger partial charge in [-0.3, -0.25) is 0 Å². The van der Waals surface area contributed by atoms with Gasteiger partial charge >= 0.3 is 0 Å². The summed E-state index contributed by atoms with van der Waals surface area (Å²) >= 11 is 3.33. The Morgan fingerprint density at radius 2 is 2.15 bits per heavy atom. The maximum Gasteiger partial charge on any atom is 0.243 e. The number of hydrogen-bond donors (Lipinski definition) is 1. The first-order valence-electron chi connectivity index (χ1n) is 6.98. The third-order valence-corrected chi connectivity index (χ3v) is 6.50. The second-order valence-electron chi connectivity index (χ2n) is 5.16. The van der Waals surface area contributed by atoms with Gasteiger partial charge in [-0.25, -0.2) is 8.42 Å². The molecule has 6 heteroatoms. The van der Waals surface area contributed by atoms with E-state index in [9.17, 15) is 8.42 Å². The molecule has 0 bridgehead atoms. The number of nitrogens with zero attached hydrogens (tertiary/aromatic N) is 1. The summed E-state index contributed by atoms with van der Waals surface area (Å²) in [5.74, 6) is 0.275. The first kappa shape index (κ1) is 15.9. The molecule has 2 N–H and O–H groups in total. The van der Waals surface area contributed by atoms with Crippen molar-refractivity contribution in [3.63, 3.8) is 0 Å². The van der Waals surface area contributed by atoms with E-state index in [1.807, 2.05) is 13.0 Å². The van der Waals surface area contributed by atoms with Crippen molar-refractivity contribution in [2.75, 3.05) is 13.1 Å². The molecule has 1 fully saturated rings. The van der Waals surface area contributed by atoms with Gasteiger partial charge in [0.05, 0.1) is 4.90 Å². The number of sulfonamides is 1. The van der Waals surface area contributed by atoms with Crippen LogP contribution in [0.3, 0.4) is 0 Å². The van der Waals surface area contributed by atoms with Crippen molar-refractivity contribution in [2.45, 2.75) is 37.1 Å². The highest BCUT2D eigenvalue weighted by Crippen LogP contribution is 2.33. The van der Waals surface area contributed by atoms with E-state index >= 15 is 0 Å². The van der Waals surface area contributed by atoms with E-state index in [4.69, 9.17) is 5.73 Å². The van der Waals surface area contributed by atoms with Gasteiger partial charge in [0.25, 0.3) is 0 Å². The third kappa shape index (κ3) is 3.08. The smallest absolute Gasteiger partial charge is 0.243 e. The fraction of sp³-hybridized carbons (Fsp3) is 0.571. The van der Waals surface area contributed by atoms with Crippen LogP contribution in [0.1, 0.15) is 26.2 Å². The van der Waals surface area contributed by atoms with E-state index in [0.29, 0.717) is 18.0 Å². The van der Waals surface area contributed by atoms with Gasteiger partial charge in [-0.1, -0.05) is 35.3 Å². The Hall–Kier alpha value is -0.430. The van der Waals surface area contributed by atoms with Crippen molar-refractivity contribution in [1.29, 1.82) is 0 Å². The van der Waals surface area contributed by atoms with Crippen LogP contribution in [0.5, 0.6) is 0 Å². The standard InChI is InChI=1S/C14H21BrN2O2S/c1-2-17(14-8-3-5-11(14)10-16)20(18,19)13-7-4-6-12(15)9-13/h4,6-7,9,11,14H,2-3,5,8,10,16H2,1H3. The van der Waals surface area contributed by atoms with Gasteiger partial charge in [0.15, 0.2) is 0 Å². The van der Waals surface area contributed by atoms with Crippen LogP contribution >= 0.6 is 15.9 Å². The highest BCUT2D eigenvalue weighted by molar-refractivity contribution is 9.10. The van der Waals surface area contributed by atoms with Crippen LogP contribution in [-0.4, -0.2) is 31.9 Å². The molecule has 112 valence electrons. The lowest BCUT2D eigenvalue weighted by atomic mass is 10.0. The molecule has 1 aliphatic rings. The lowest BCUT2D eigenvalue weighted by Gasteiger charge is -2.30. The Labute approximate surface area is 129 Å². The molecule has 1 saturated carbocycles. The van der Waals surface area contributed by atoms with Gasteiger partial charge in [-0.05, 0) is 43.5 Å². The zero-order valence-electron chi connectivity index (χ0n) is 11.6. The monoisotopic (exact) mass is 360 g/mol. The maximum absolute atomic E-state index is 12.8. The lowest BCUT2D eigenvalue weighted by Crippen LogP contribution is -2.43. The highest BCUT2D eigenvalue weighted by atomic mass is 79.9. The Bertz CT molecular complexity index is 562. The van der Waals surface area contributed by atoms with Crippen LogP contribution in [-0.2, 0) is 10.0 Å². The number of rotatable bonds is 5. The minimum atomic E-state index is -3.45.